The quantitative estimate of drug-likeness (QED) is 0.0533. The van der Waals surface area contributed by atoms with Gasteiger partial charge >= 0.3 is 303 Å². The van der Waals surface area contributed by atoms with Gasteiger partial charge < -0.3 is 0 Å². The number of aliphatic imine (C=N–C) groups is 2. The minimum atomic E-state index is -3.27. The summed E-state index contributed by atoms with van der Waals surface area (Å²) in [6.07, 6.45) is 3.70. The molecule has 8 nitrogen and oxygen atoms in total. The van der Waals surface area contributed by atoms with E-state index in [-0.39, 0.29) is 74.4 Å². The van der Waals surface area contributed by atoms with Crippen LogP contribution in [-0.4, -0.2) is 108 Å². The van der Waals surface area contributed by atoms with Gasteiger partial charge in [-0.2, -0.15) is 0 Å². The number of nitrogens with two attached hydrogens (primary N) is 2. The van der Waals surface area contributed by atoms with Gasteiger partial charge in [0, 0.05) is 0 Å². The molecule has 4 aromatic carbocycles. The Morgan fingerprint density at radius 2 is 0.945 bits per heavy atom. The fourth-order valence-electron chi connectivity index (χ4n) is 6.85. The van der Waals surface area contributed by atoms with E-state index < -0.39 is 11.4 Å². The molecule has 0 amide bonds. The second kappa shape index (κ2) is 28.6. The molecule has 0 radical (unpaired) electrons. The van der Waals surface area contributed by atoms with E-state index in [9.17, 15) is 0 Å². The Morgan fingerprint density at radius 1 is 0.545 bits per heavy atom. The molecule has 2 heterocycles. The average Bonchev–Trinajstić information content (AvgIpc) is 3.81. The summed E-state index contributed by atoms with van der Waals surface area (Å²) in [6.45, 7) is 8.95. The number of fused-ring (bicyclic) bond motifs is 2. The van der Waals surface area contributed by atoms with Gasteiger partial charge in [-0.1, -0.05) is 0 Å². The summed E-state index contributed by atoms with van der Waals surface area (Å²) in [5.41, 5.74) is 14.3. The van der Waals surface area contributed by atoms with Gasteiger partial charge in [0.15, 0.2) is 0 Å². The summed E-state index contributed by atoms with van der Waals surface area (Å²) < 4.78 is 5.64. The summed E-state index contributed by atoms with van der Waals surface area (Å²) in [5, 5.41) is 12.6. The first-order chi connectivity index (χ1) is 24.2. The standard InChI is InChI=1S/C38H52GeN8S2.6ClH/c40-17-7-19-42-23-27-48-39(49-28-24-43-20-8-18-41,46-25-21-44-37(46)29-33-13-5-11-31-9-1-3-15-35(31)33)47-26-22-45-38(47)30-34-14-6-12-32-10-2-4-16-36(32)34;;;;;;/h1-6,9-16,42-43H,7-8,17-30,40-41H2;6*1H. The number of rotatable bonds is 20. The topological polar surface area (TPSA) is 107 Å². The molecule has 0 bridgehead atoms. The molecule has 0 fully saturated rings. The molecule has 0 spiro atoms. The third kappa shape index (κ3) is 14.2. The molecule has 308 valence electrons. The van der Waals surface area contributed by atoms with Gasteiger partial charge in [0.2, 0.25) is 0 Å². The zero-order chi connectivity index (χ0) is 33.7. The van der Waals surface area contributed by atoms with Gasteiger partial charge in [-0.3, -0.25) is 0 Å². The number of benzene rings is 4. The number of nitrogens with zero attached hydrogens (tertiary/aromatic N) is 4. The molecule has 55 heavy (non-hydrogen) atoms. The molecule has 0 saturated carbocycles. The Kier molecular flexibility index (Phi) is 28.1. The van der Waals surface area contributed by atoms with E-state index in [0.29, 0.717) is 0 Å². The summed E-state index contributed by atoms with van der Waals surface area (Å²) in [7, 11) is 4.45. The van der Waals surface area contributed by atoms with Crippen LogP contribution in [-0.2, 0) is 12.8 Å². The first-order valence-electron chi connectivity index (χ1n) is 17.9. The molecular formula is C38H58Cl6GeN8S2. The Labute approximate surface area is 374 Å². The van der Waals surface area contributed by atoms with Crippen LogP contribution in [0.15, 0.2) is 94.9 Å². The van der Waals surface area contributed by atoms with Crippen molar-refractivity contribution in [1.82, 2.24) is 18.3 Å². The van der Waals surface area contributed by atoms with E-state index in [2.05, 4.69) is 123 Å². The average molecular weight is 976 g/mol. The second-order valence-corrected chi connectivity index (χ2v) is 29.4. The Hall–Kier alpha value is -0.837. The van der Waals surface area contributed by atoms with Crippen LogP contribution in [0.5, 0.6) is 0 Å². The van der Waals surface area contributed by atoms with Crippen LogP contribution in [0.3, 0.4) is 0 Å². The van der Waals surface area contributed by atoms with Crippen molar-refractivity contribution in [3.05, 3.63) is 96.1 Å². The molecule has 6 N–H and O–H groups in total. The van der Waals surface area contributed by atoms with Crippen molar-refractivity contribution < 1.29 is 0 Å². The van der Waals surface area contributed by atoms with E-state index in [1.165, 1.54) is 44.3 Å². The van der Waals surface area contributed by atoms with Crippen molar-refractivity contribution in [2.24, 2.45) is 21.5 Å². The second-order valence-electron chi connectivity index (χ2n) is 12.6. The van der Waals surface area contributed by atoms with E-state index in [1.54, 1.807) is 0 Å². The van der Waals surface area contributed by atoms with Gasteiger partial charge in [0.1, 0.15) is 0 Å². The van der Waals surface area contributed by atoms with Crippen molar-refractivity contribution in [2.45, 2.75) is 25.7 Å². The third-order valence-electron chi connectivity index (χ3n) is 9.25. The first-order valence-corrected chi connectivity index (χ1v) is 26.9. The molecular weight excluding hydrogens is 918 g/mol. The number of nitrogens with one attached hydrogen (secondary N) is 2. The number of halogens is 6. The van der Waals surface area contributed by atoms with Gasteiger partial charge in [0.25, 0.3) is 0 Å². The van der Waals surface area contributed by atoms with Crippen molar-refractivity contribution in [2.75, 3.05) is 77.0 Å². The zero-order valence-corrected chi connectivity index (χ0v) is 39.7. The molecule has 0 atom stereocenters. The Morgan fingerprint density at radius 3 is 1.36 bits per heavy atom. The van der Waals surface area contributed by atoms with Crippen molar-refractivity contribution in [1.29, 1.82) is 0 Å². The Bertz CT molecular complexity index is 1610. The van der Waals surface area contributed by atoms with Crippen LogP contribution in [0.2, 0.25) is 0 Å². The van der Waals surface area contributed by atoms with Gasteiger partial charge in [-0.25, -0.2) is 0 Å². The maximum absolute atomic E-state index is 5.81. The van der Waals surface area contributed by atoms with Crippen molar-refractivity contribution in [3.63, 3.8) is 0 Å². The summed E-state index contributed by atoms with van der Waals surface area (Å²) in [4.78, 5) is 10.6. The molecule has 17 heteroatoms. The molecule has 0 aromatic heterocycles. The van der Waals surface area contributed by atoms with Crippen LogP contribution < -0.4 is 22.1 Å². The molecule has 0 unspecified atom stereocenters. The van der Waals surface area contributed by atoms with E-state index >= 15 is 0 Å². The summed E-state index contributed by atoms with van der Waals surface area (Å²) in [5.74, 6) is 4.60. The van der Waals surface area contributed by atoms with E-state index in [0.717, 1.165) is 103 Å². The molecule has 0 aliphatic carbocycles. The van der Waals surface area contributed by atoms with Crippen molar-refractivity contribution >= 4 is 139 Å². The van der Waals surface area contributed by atoms with Crippen LogP contribution in [0.25, 0.3) is 21.5 Å². The number of hydrogen-bond acceptors (Lipinski definition) is 10. The minimum absolute atomic E-state index is 0. The molecule has 2 aliphatic heterocycles. The summed E-state index contributed by atoms with van der Waals surface area (Å²) in [6, 6.07) is 31.0. The van der Waals surface area contributed by atoms with Crippen LogP contribution in [0, 0.1) is 0 Å². The molecule has 2 aliphatic rings. The predicted molar refractivity (Wildman–Crippen MR) is 261 cm³/mol. The monoisotopic (exact) mass is 974 g/mol. The van der Waals surface area contributed by atoms with Crippen LogP contribution in [0.4, 0.5) is 0 Å². The molecule has 6 rings (SSSR count). The van der Waals surface area contributed by atoms with Gasteiger partial charge in [0.05, 0.1) is 0 Å². The zero-order valence-electron chi connectivity index (χ0n) is 31.1. The third-order valence-corrected chi connectivity index (χ3v) is 31.3. The normalized spacial score (nSPS) is 13.4. The number of hydrogen-bond donors (Lipinski definition) is 4. The Balaban J connectivity index is 0.00000486. The maximum atomic E-state index is 5.81. The summed E-state index contributed by atoms with van der Waals surface area (Å²) >= 11 is -3.27. The SMILES string of the molecule is Cl.Cl.Cl.Cl.Cl.Cl.NCCCNCC[S][Ge]([S]CCNCCCN)([N]1CCN=C1Cc1cccc2ccccc12)[N]1CCN=C1Cc1cccc2ccccc12. The fourth-order valence-corrected chi connectivity index (χ4v) is 29.9. The van der Waals surface area contributed by atoms with E-state index in [1.807, 2.05) is 0 Å². The van der Waals surface area contributed by atoms with Gasteiger partial charge in [-0.15, -0.1) is 74.4 Å². The van der Waals surface area contributed by atoms with Crippen molar-refractivity contribution in [3.8, 4) is 0 Å². The van der Waals surface area contributed by atoms with Gasteiger partial charge in [-0.05, 0) is 0 Å². The van der Waals surface area contributed by atoms with Crippen LogP contribution >= 0.6 is 94.6 Å². The predicted octanol–water partition coefficient (Wildman–Crippen LogP) is 7.52. The molecule has 0 saturated heterocycles. The number of amidine groups is 2. The fraction of sp³-hybridized carbons (Fsp3) is 0.421. The van der Waals surface area contributed by atoms with E-state index in [4.69, 9.17) is 21.5 Å². The van der Waals surface area contributed by atoms with Crippen LogP contribution in [0.1, 0.15) is 24.0 Å². The molecule has 4 aromatic rings. The first kappa shape index (κ1) is 54.2.